The summed E-state index contributed by atoms with van der Waals surface area (Å²) in [5.74, 6) is 0.812. The molecule has 0 aliphatic carbocycles. The van der Waals surface area contributed by atoms with Crippen molar-refractivity contribution in [3.05, 3.63) is 35.4 Å². The number of ether oxygens (including phenoxy) is 2. The van der Waals surface area contributed by atoms with Gasteiger partial charge in [-0.2, -0.15) is 0 Å². The zero-order valence-corrected chi connectivity index (χ0v) is 16.9. The van der Waals surface area contributed by atoms with Gasteiger partial charge in [0.25, 0.3) is 0 Å². The lowest BCUT2D eigenvalue weighted by atomic mass is 10.1. The molecular formula is C17H30IN3O2. The van der Waals surface area contributed by atoms with Gasteiger partial charge >= 0.3 is 0 Å². The fraction of sp³-hybridized carbons (Fsp3) is 0.588. The summed E-state index contributed by atoms with van der Waals surface area (Å²) in [6.07, 6.45) is 0.255. The standard InChI is InChI=1S/C17H29N3O2.HI/c1-5-18-17(19-10-11-21-4)20-12-15-6-8-16(9-7-15)13-22-14(2)3;/h6-9,14H,5,10-13H2,1-4H3,(H2,18,19,20);1H. The van der Waals surface area contributed by atoms with E-state index in [4.69, 9.17) is 9.47 Å². The van der Waals surface area contributed by atoms with Gasteiger partial charge in [0, 0.05) is 20.2 Å². The average Bonchev–Trinajstić information content (AvgIpc) is 2.51. The number of nitrogens with one attached hydrogen (secondary N) is 2. The zero-order chi connectivity index (χ0) is 16.2. The number of hydrogen-bond acceptors (Lipinski definition) is 3. The van der Waals surface area contributed by atoms with Crippen LogP contribution in [0.25, 0.3) is 0 Å². The molecule has 0 amide bonds. The summed E-state index contributed by atoms with van der Waals surface area (Å²) in [6, 6.07) is 8.39. The number of rotatable bonds is 9. The van der Waals surface area contributed by atoms with Crippen LogP contribution in [0.15, 0.2) is 29.3 Å². The van der Waals surface area contributed by atoms with Crippen LogP contribution in [0.5, 0.6) is 0 Å². The second-order valence-corrected chi connectivity index (χ2v) is 5.29. The van der Waals surface area contributed by atoms with Gasteiger partial charge in [0.1, 0.15) is 0 Å². The summed E-state index contributed by atoms with van der Waals surface area (Å²) >= 11 is 0. The van der Waals surface area contributed by atoms with Gasteiger partial charge in [-0.3, -0.25) is 0 Å². The quantitative estimate of drug-likeness (QED) is 0.271. The molecule has 1 aromatic rings. The first kappa shape index (κ1) is 22.1. The van der Waals surface area contributed by atoms with Gasteiger partial charge in [0.05, 0.1) is 25.9 Å². The Morgan fingerprint density at radius 1 is 1.13 bits per heavy atom. The highest BCUT2D eigenvalue weighted by atomic mass is 127. The maximum Gasteiger partial charge on any atom is 0.191 e. The van der Waals surface area contributed by atoms with Crippen molar-refractivity contribution in [2.75, 3.05) is 26.8 Å². The molecule has 0 atom stereocenters. The summed E-state index contributed by atoms with van der Waals surface area (Å²) in [6.45, 7) is 9.68. The van der Waals surface area contributed by atoms with E-state index in [-0.39, 0.29) is 30.1 Å². The Hall–Kier alpha value is -0.860. The number of halogens is 1. The van der Waals surface area contributed by atoms with Crippen molar-refractivity contribution in [3.8, 4) is 0 Å². The highest BCUT2D eigenvalue weighted by Gasteiger charge is 1.99. The number of benzene rings is 1. The Kier molecular flexibility index (Phi) is 13.1. The normalized spacial score (nSPS) is 11.3. The smallest absolute Gasteiger partial charge is 0.191 e. The van der Waals surface area contributed by atoms with Gasteiger partial charge in [-0.05, 0) is 31.9 Å². The topological polar surface area (TPSA) is 54.9 Å². The molecule has 0 aromatic heterocycles. The molecule has 0 heterocycles. The minimum Gasteiger partial charge on any atom is -0.383 e. The highest BCUT2D eigenvalue weighted by Crippen LogP contribution is 2.08. The van der Waals surface area contributed by atoms with Crippen LogP contribution in [0.4, 0.5) is 0 Å². The summed E-state index contributed by atoms with van der Waals surface area (Å²) < 4.78 is 10.6. The lowest BCUT2D eigenvalue weighted by Gasteiger charge is -2.11. The van der Waals surface area contributed by atoms with Gasteiger partial charge in [-0.1, -0.05) is 24.3 Å². The monoisotopic (exact) mass is 435 g/mol. The molecule has 23 heavy (non-hydrogen) atoms. The summed E-state index contributed by atoms with van der Waals surface area (Å²) in [5, 5.41) is 6.45. The van der Waals surface area contributed by atoms with Crippen LogP contribution in [0, 0.1) is 0 Å². The van der Waals surface area contributed by atoms with Crippen LogP contribution < -0.4 is 10.6 Å². The van der Waals surface area contributed by atoms with Crippen LogP contribution in [0.1, 0.15) is 31.9 Å². The van der Waals surface area contributed by atoms with E-state index < -0.39 is 0 Å². The number of hydrogen-bond donors (Lipinski definition) is 2. The molecule has 1 aromatic carbocycles. The molecule has 132 valence electrons. The van der Waals surface area contributed by atoms with E-state index in [1.54, 1.807) is 7.11 Å². The Bertz CT molecular complexity index is 436. The lowest BCUT2D eigenvalue weighted by Crippen LogP contribution is -2.38. The number of aliphatic imine (C=N–C) groups is 1. The van der Waals surface area contributed by atoms with E-state index in [9.17, 15) is 0 Å². The number of methoxy groups -OCH3 is 1. The average molecular weight is 435 g/mol. The van der Waals surface area contributed by atoms with Crippen LogP contribution >= 0.6 is 24.0 Å². The van der Waals surface area contributed by atoms with E-state index in [0.717, 1.165) is 19.0 Å². The van der Waals surface area contributed by atoms with Gasteiger partial charge < -0.3 is 20.1 Å². The minimum atomic E-state index is 0. The molecule has 0 saturated heterocycles. The van der Waals surface area contributed by atoms with E-state index in [0.29, 0.717) is 19.8 Å². The van der Waals surface area contributed by atoms with Crippen molar-refractivity contribution in [1.29, 1.82) is 0 Å². The Balaban J connectivity index is 0.00000484. The largest absolute Gasteiger partial charge is 0.383 e. The molecule has 0 aliphatic heterocycles. The number of guanidine groups is 1. The summed E-state index contributed by atoms with van der Waals surface area (Å²) in [5.41, 5.74) is 2.36. The third-order valence-corrected chi connectivity index (χ3v) is 2.97. The van der Waals surface area contributed by atoms with E-state index >= 15 is 0 Å². The molecule has 0 spiro atoms. The highest BCUT2D eigenvalue weighted by molar-refractivity contribution is 14.0. The fourth-order valence-electron chi connectivity index (χ4n) is 1.79. The van der Waals surface area contributed by atoms with E-state index in [1.165, 1.54) is 11.1 Å². The van der Waals surface area contributed by atoms with E-state index in [2.05, 4.69) is 46.8 Å². The van der Waals surface area contributed by atoms with Gasteiger partial charge in [0.15, 0.2) is 5.96 Å². The predicted octanol–water partition coefficient (Wildman–Crippen LogP) is 2.93. The van der Waals surface area contributed by atoms with Gasteiger partial charge in [-0.15, -0.1) is 24.0 Å². The third-order valence-electron chi connectivity index (χ3n) is 2.97. The predicted molar refractivity (Wildman–Crippen MR) is 106 cm³/mol. The van der Waals surface area contributed by atoms with Crippen molar-refractivity contribution < 1.29 is 9.47 Å². The Labute approximate surface area is 157 Å². The Morgan fingerprint density at radius 3 is 2.35 bits per heavy atom. The molecule has 5 nitrogen and oxygen atoms in total. The molecule has 2 N–H and O–H groups in total. The molecule has 0 radical (unpaired) electrons. The Morgan fingerprint density at radius 2 is 1.78 bits per heavy atom. The molecule has 0 saturated carbocycles. The van der Waals surface area contributed by atoms with Crippen molar-refractivity contribution in [2.45, 2.75) is 40.0 Å². The molecule has 0 fully saturated rings. The van der Waals surface area contributed by atoms with Gasteiger partial charge in [0.2, 0.25) is 0 Å². The zero-order valence-electron chi connectivity index (χ0n) is 14.6. The van der Waals surface area contributed by atoms with Crippen molar-refractivity contribution >= 4 is 29.9 Å². The number of nitrogens with zero attached hydrogens (tertiary/aromatic N) is 1. The lowest BCUT2D eigenvalue weighted by molar-refractivity contribution is 0.0657. The minimum absolute atomic E-state index is 0. The molecule has 0 bridgehead atoms. The first-order valence-electron chi connectivity index (χ1n) is 7.86. The van der Waals surface area contributed by atoms with Crippen molar-refractivity contribution in [2.24, 2.45) is 4.99 Å². The van der Waals surface area contributed by atoms with Crippen molar-refractivity contribution in [1.82, 2.24) is 10.6 Å². The van der Waals surface area contributed by atoms with Crippen LogP contribution in [0.2, 0.25) is 0 Å². The third kappa shape index (κ3) is 10.5. The first-order chi connectivity index (χ1) is 10.7. The molecule has 0 unspecified atom stereocenters. The van der Waals surface area contributed by atoms with Crippen LogP contribution in [-0.2, 0) is 22.6 Å². The van der Waals surface area contributed by atoms with Crippen molar-refractivity contribution in [3.63, 3.8) is 0 Å². The molecular weight excluding hydrogens is 405 g/mol. The molecule has 6 heteroatoms. The second-order valence-electron chi connectivity index (χ2n) is 5.29. The fourth-order valence-corrected chi connectivity index (χ4v) is 1.79. The summed E-state index contributed by atoms with van der Waals surface area (Å²) in [4.78, 5) is 4.57. The maximum absolute atomic E-state index is 5.59. The second kappa shape index (κ2) is 13.6. The van der Waals surface area contributed by atoms with E-state index in [1.807, 2.05) is 13.8 Å². The first-order valence-corrected chi connectivity index (χ1v) is 7.86. The van der Waals surface area contributed by atoms with Crippen LogP contribution in [0.3, 0.4) is 0 Å². The summed E-state index contributed by atoms with van der Waals surface area (Å²) in [7, 11) is 1.69. The molecule has 0 aliphatic rings. The maximum atomic E-state index is 5.59. The molecule has 1 rings (SSSR count). The van der Waals surface area contributed by atoms with Gasteiger partial charge in [-0.25, -0.2) is 4.99 Å². The van der Waals surface area contributed by atoms with Crippen LogP contribution in [-0.4, -0.2) is 38.9 Å². The SMILES string of the molecule is CCNC(=NCc1ccc(COC(C)C)cc1)NCCOC.I.